The number of carbonyl (C=O) groups is 2. The van der Waals surface area contributed by atoms with E-state index in [1.165, 1.54) is 23.0 Å². The molecule has 3 aromatic rings. The molecule has 1 saturated carbocycles. The number of amides is 2. The van der Waals surface area contributed by atoms with Gasteiger partial charge in [-0.15, -0.1) is 0 Å². The Morgan fingerprint density at radius 2 is 1.83 bits per heavy atom. The molecule has 7 heteroatoms. The number of carbonyl (C=O) groups excluding carboxylic acids is 2. The van der Waals surface area contributed by atoms with Crippen molar-refractivity contribution < 1.29 is 14.0 Å². The molecule has 1 aliphatic heterocycles. The number of fused-ring (bicyclic) bond motifs is 1. The monoisotopic (exact) mass is 474 g/mol. The first-order valence-corrected chi connectivity index (χ1v) is 12.5. The quantitative estimate of drug-likeness (QED) is 0.558. The topological polar surface area (TPSA) is 67.2 Å². The third-order valence-electron chi connectivity index (χ3n) is 7.33. The maximum absolute atomic E-state index is 15.0. The van der Waals surface area contributed by atoms with Gasteiger partial charge in [-0.25, -0.2) is 4.39 Å². The Morgan fingerprint density at radius 3 is 2.51 bits per heavy atom. The fraction of sp³-hybridized carbons (Fsp3) is 0.393. The Hall–Kier alpha value is -3.48. The summed E-state index contributed by atoms with van der Waals surface area (Å²) in [5.41, 5.74) is 1.86. The number of hydrogen-bond donors (Lipinski definition) is 1. The first kappa shape index (κ1) is 23.3. The third kappa shape index (κ3) is 4.24. The number of aryl methyl sites for hydroxylation is 1. The molecule has 182 valence electrons. The van der Waals surface area contributed by atoms with E-state index in [2.05, 4.69) is 12.2 Å². The van der Waals surface area contributed by atoms with Crippen LogP contribution in [0, 0.1) is 5.82 Å². The van der Waals surface area contributed by atoms with Crippen molar-refractivity contribution in [1.29, 1.82) is 0 Å². The summed E-state index contributed by atoms with van der Waals surface area (Å²) >= 11 is 0. The van der Waals surface area contributed by atoms with E-state index in [1.54, 1.807) is 35.9 Å². The summed E-state index contributed by atoms with van der Waals surface area (Å²) in [6.07, 6.45) is 6.08. The first-order chi connectivity index (χ1) is 16.9. The van der Waals surface area contributed by atoms with Crippen molar-refractivity contribution in [2.24, 2.45) is 0 Å². The van der Waals surface area contributed by atoms with Crippen LogP contribution in [0.4, 0.5) is 10.1 Å². The van der Waals surface area contributed by atoms with Gasteiger partial charge >= 0.3 is 0 Å². The summed E-state index contributed by atoms with van der Waals surface area (Å²) in [5, 5.41) is 7.85. The minimum absolute atomic E-state index is 0.0670. The lowest BCUT2D eigenvalue weighted by atomic mass is 9.91. The summed E-state index contributed by atoms with van der Waals surface area (Å²) in [4.78, 5) is 28.9. The number of anilines is 1. The van der Waals surface area contributed by atoms with Crippen molar-refractivity contribution in [2.45, 2.75) is 70.5 Å². The summed E-state index contributed by atoms with van der Waals surface area (Å²) < 4.78 is 16.6. The van der Waals surface area contributed by atoms with Gasteiger partial charge in [0.05, 0.1) is 17.9 Å². The second kappa shape index (κ2) is 9.29. The summed E-state index contributed by atoms with van der Waals surface area (Å²) in [6, 6.07) is 16.0. The molecular weight excluding hydrogens is 443 g/mol. The molecule has 35 heavy (non-hydrogen) atoms. The highest BCUT2D eigenvalue weighted by Crippen LogP contribution is 2.36. The number of nitrogens with one attached hydrogen (secondary N) is 1. The van der Waals surface area contributed by atoms with Crippen LogP contribution in [0.2, 0.25) is 0 Å². The fourth-order valence-electron chi connectivity index (χ4n) is 5.23. The van der Waals surface area contributed by atoms with Crippen molar-refractivity contribution in [3.8, 4) is 11.3 Å². The Kier molecular flexibility index (Phi) is 6.17. The maximum atomic E-state index is 15.0. The van der Waals surface area contributed by atoms with E-state index in [9.17, 15) is 14.0 Å². The van der Waals surface area contributed by atoms with Crippen molar-refractivity contribution in [2.75, 3.05) is 4.90 Å². The highest BCUT2D eigenvalue weighted by Gasteiger charge is 2.50. The van der Waals surface area contributed by atoms with Crippen LogP contribution >= 0.6 is 0 Å². The van der Waals surface area contributed by atoms with Gasteiger partial charge in [0.25, 0.3) is 5.91 Å². The number of benzene rings is 2. The average Bonchev–Trinajstić information content (AvgIpc) is 3.30. The van der Waals surface area contributed by atoms with Crippen molar-refractivity contribution in [1.82, 2.24) is 15.1 Å². The lowest BCUT2D eigenvalue weighted by Crippen LogP contribution is -2.65. The van der Waals surface area contributed by atoms with Crippen molar-refractivity contribution in [3.63, 3.8) is 0 Å². The van der Waals surface area contributed by atoms with E-state index in [4.69, 9.17) is 5.10 Å². The largest absolute Gasteiger partial charge is 0.351 e. The van der Waals surface area contributed by atoms with Crippen molar-refractivity contribution in [3.05, 3.63) is 71.7 Å². The van der Waals surface area contributed by atoms with Crippen LogP contribution in [0.5, 0.6) is 0 Å². The molecule has 0 spiro atoms. The molecule has 1 aromatic heterocycles. The minimum atomic E-state index is -1.33. The van der Waals surface area contributed by atoms with E-state index in [0.29, 0.717) is 11.4 Å². The third-order valence-corrected chi connectivity index (χ3v) is 7.33. The standard InChI is InChI=1S/C28H31FN4O2/c1-3-19-13-15-20(16-14-19)23-17-25-26(34)33(24-12-8-7-11-22(24)29)28(2,18-32(25)31-23)27(35)30-21-9-5-4-6-10-21/h7-8,11-17,21H,3-6,9-10,18H2,1-2H3,(H,30,35)/t28-/m0/s1. The van der Waals surface area contributed by atoms with Crippen LogP contribution in [-0.2, 0) is 17.8 Å². The number of halogens is 1. The van der Waals surface area contributed by atoms with Crippen LogP contribution < -0.4 is 10.2 Å². The number of nitrogens with zero attached hydrogens (tertiary/aromatic N) is 3. The summed E-state index contributed by atoms with van der Waals surface area (Å²) in [5.74, 6) is -1.26. The summed E-state index contributed by atoms with van der Waals surface area (Å²) in [7, 11) is 0. The average molecular weight is 475 g/mol. The van der Waals surface area contributed by atoms with Crippen LogP contribution in [0.25, 0.3) is 11.3 Å². The molecule has 5 rings (SSSR count). The van der Waals surface area contributed by atoms with Gasteiger partial charge in [0.1, 0.15) is 17.1 Å². The molecule has 0 bridgehead atoms. The number of aromatic nitrogens is 2. The molecule has 6 nitrogen and oxygen atoms in total. The molecule has 1 atom stereocenters. The molecule has 2 heterocycles. The maximum Gasteiger partial charge on any atom is 0.277 e. The molecule has 0 saturated heterocycles. The van der Waals surface area contributed by atoms with Crippen LogP contribution in [-0.4, -0.2) is 33.2 Å². The van der Waals surface area contributed by atoms with E-state index in [0.717, 1.165) is 37.7 Å². The Bertz CT molecular complexity index is 1250. The molecule has 1 N–H and O–H groups in total. The molecule has 0 unspecified atom stereocenters. The lowest BCUT2D eigenvalue weighted by Gasteiger charge is -2.44. The van der Waals surface area contributed by atoms with Crippen LogP contribution in [0.15, 0.2) is 54.6 Å². The van der Waals surface area contributed by atoms with E-state index < -0.39 is 17.3 Å². The zero-order valence-corrected chi connectivity index (χ0v) is 20.3. The zero-order valence-electron chi connectivity index (χ0n) is 20.3. The molecule has 2 aromatic carbocycles. The van der Waals surface area contributed by atoms with Gasteiger partial charge in [0.2, 0.25) is 5.91 Å². The van der Waals surface area contributed by atoms with Crippen LogP contribution in [0.1, 0.15) is 62.0 Å². The van der Waals surface area contributed by atoms with Gasteiger partial charge < -0.3 is 5.32 Å². The molecule has 2 aliphatic rings. The normalized spacial score (nSPS) is 20.5. The molecule has 2 amide bonds. The lowest BCUT2D eigenvalue weighted by molar-refractivity contribution is -0.127. The smallest absolute Gasteiger partial charge is 0.277 e. The Morgan fingerprint density at radius 1 is 1.11 bits per heavy atom. The summed E-state index contributed by atoms with van der Waals surface area (Å²) in [6.45, 7) is 3.93. The van der Waals surface area contributed by atoms with Gasteiger partial charge in [-0.2, -0.15) is 5.10 Å². The van der Waals surface area contributed by atoms with Crippen molar-refractivity contribution >= 4 is 17.5 Å². The highest BCUT2D eigenvalue weighted by molar-refractivity contribution is 6.12. The second-order valence-electron chi connectivity index (χ2n) is 9.80. The Labute approximate surface area is 205 Å². The van der Waals surface area contributed by atoms with E-state index in [1.807, 2.05) is 24.3 Å². The number of hydrogen-bond acceptors (Lipinski definition) is 3. The zero-order chi connectivity index (χ0) is 24.6. The first-order valence-electron chi connectivity index (χ1n) is 12.5. The van der Waals surface area contributed by atoms with Gasteiger partial charge in [0.15, 0.2) is 0 Å². The predicted molar refractivity (Wildman–Crippen MR) is 134 cm³/mol. The minimum Gasteiger partial charge on any atom is -0.351 e. The Balaban J connectivity index is 1.55. The molecule has 0 radical (unpaired) electrons. The van der Waals surface area contributed by atoms with E-state index >= 15 is 0 Å². The number of para-hydroxylation sites is 1. The van der Waals surface area contributed by atoms with Gasteiger partial charge in [-0.1, -0.05) is 62.6 Å². The van der Waals surface area contributed by atoms with Gasteiger partial charge in [-0.3, -0.25) is 19.2 Å². The second-order valence-corrected chi connectivity index (χ2v) is 9.80. The highest BCUT2D eigenvalue weighted by atomic mass is 19.1. The molecule has 1 fully saturated rings. The SMILES string of the molecule is CCc1ccc(-c2cc3n(n2)C[C@@](C)(C(=O)NC2CCCCC2)N(c2ccccc2F)C3=O)cc1. The van der Waals surface area contributed by atoms with E-state index in [-0.39, 0.29) is 24.2 Å². The van der Waals surface area contributed by atoms with Gasteiger partial charge in [-0.05, 0) is 49.9 Å². The fourth-order valence-corrected chi connectivity index (χ4v) is 5.23. The molecular formula is C28H31FN4O2. The van der Waals surface area contributed by atoms with Gasteiger partial charge in [0, 0.05) is 11.6 Å². The molecule has 1 aliphatic carbocycles. The van der Waals surface area contributed by atoms with Crippen LogP contribution in [0.3, 0.4) is 0 Å². The predicted octanol–water partition coefficient (Wildman–Crippen LogP) is 5.12. The number of rotatable bonds is 5.